The average molecular weight is 834 g/mol. The molecule has 8 heterocycles. The summed E-state index contributed by atoms with van der Waals surface area (Å²) in [4.78, 5) is 60.4. The highest BCUT2D eigenvalue weighted by Gasteiger charge is 2.40. The molecule has 1 aromatic carbocycles. The lowest BCUT2D eigenvalue weighted by Crippen LogP contribution is -2.44. The van der Waals surface area contributed by atoms with Gasteiger partial charge in [-0.25, -0.2) is 14.3 Å². The zero-order chi connectivity index (χ0) is 41.8. The monoisotopic (exact) mass is 833 g/mol. The second-order valence-corrected chi connectivity index (χ2v) is 17.0. The first kappa shape index (κ1) is 39.2. The molecular weight excluding hydrogens is 786 g/mol. The number of benzene rings is 1. The van der Waals surface area contributed by atoms with E-state index in [9.17, 15) is 19.2 Å². The molecule has 18 heteroatoms. The second-order valence-electron chi connectivity index (χ2n) is 17.0. The van der Waals surface area contributed by atoms with Crippen LogP contribution in [0.15, 0.2) is 47.7 Å². The fourth-order valence-electron chi connectivity index (χ4n) is 9.97. The Morgan fingerprint density at radius 3 is 2.67 bits per heavy atom. The van der Waals surface area contributed by atoms with Gasteiger partial charge in [0.2, 0.25) is 11.8 Å². The minimum atomic E-state index is -0.749. The van der Waals surface area contributed by atoms with Gasteiger partial charge in [0.15, 0.2) is 5.65 Å². The van der Waals surface area contributed by atoms with Crippen LogP contribution in [0, 0.1) is 23.7 Å². The van der Waals surface area contributed by atoms with Crippen molar-refractivity contribution < 1.29 is 28.2 Å². The van der Waals surface area contributed by atoms with E-state index in [-0.39, 0.29) is 66.6 Å². The van der Waals surface area contributed by atoms with Crippen LogP contribution in [0.5, 0.6) is 0 Å². The zero-order valence-corrected chi connectivity index (χ0v) is 34.0. The third kappa shape index (κ3) is 7.59. The van der Waals surface area contributed by atoms with Crippen LogP contribution in [0.2, 0.25) is 0 Å². The summed E-state index contributed by atoms with van der Waals surface area (Å²) in [5.41, 5.74) is 2.31. The summed E-state index contributed by atoms with van der Waals surface area (Å²) in [6, 6.07) is 6.95. The maximum Gasteiger partial charge on any atom is 0.329 e. The summed E-state index contributed by atoms with van der Waals surface area (Å²) in [5, 5.41) is 13.5. The van der Waals surface area contributed by atoms with Gasteiger partial charge in [0, 0.05) is 45.8 Å². The van der Waals surface area contributed by atoms with Crippen LogP contribution < -0.4 is 21.2 Å². The summed E-state index contributed by atoms with van der Waals surface area (Å²) in [7, 11) is 1.67. The van der Waals surface area contributed by atoms with Crippen molar-refractivity contribution in [1.29, 1.82) is 0 Å². The lowest BCUT2D eigenvalue weighted by atomic mass is 9.85. The number of nitrogens with one attached hydrogen (secondary N) is 2. The van der Waals surface area contributed by atoms with E-state index in [0.29, 0.717) is 34.8 Å². The number of ether oxygens (including phenoxy) is 2. The van der Waals surface area contributed by atoms with E-state index in [4.69, 9.17) is 14.5 Å². The lowest BCUT2D eigenvalue weighted by molar-refractivity contribution is -0.135. The van der Waals surface area contributed by atoms with Gasteiger partial charge in [-0.05, 0) is 75.5 Å². The highest BCUT2D eigenvalue weighted by Crippen LogP contribution is 2.35. The fourth-order valence-corrected chi connectivity index (χ4v) is 9.97. The van der Waals surface area contributed by atoms with Crippen LogP contribution in [0.4, 0.5) is 15.9 Å². The number of amides is 3. The summed E-state index contributed by atoms with van der Waals surface area (Å²) < 4.78 is 33.2. The van der Waals surface area contributed by atoms with Crippen LogP contribution in [0.25, 0.3) is 16.7 Å². The SMILES string of the molecule is Cn1c(=O)n(C2CCC(=O)NC2=O)c2cccc(C#CCOC3CCN(C[C@H]4CC[C@H](n5cc(NC(=O)c6cnn7ccc(N8C[C@H]9C[C@@H]8CO9)nc67)c(F)n5)CC4)CC3)c21. The van der Waals surface area contributed by atoms with Crippen molar-refractivity contribution >= 4 is 45.9 Å². The van der Waals surface area contributed by atoms with Crippen LogP contribution in [-0.4, -0.2) is 114 Å². The average Bonchev–Trinajstić information content (AvgIpc) is 4.11. The Morgan fingerprint density at radius 1 is 1.07 bits per heavy atom. The van der Waals surface area contributed by atoms with Gasteiger partial charge in [-0.15, -0.1) is 5.10 Å². The van der Waals surface area contributed by atoms with Crippen molar-refractivity contribution in [2.24, 2.45) is 13.0 Å². The molecule has 5 fully saturated rings. The van der Waals surface area contributed by atoms with Crippen molar-refractivity contribution in [3.05, 3.63) is 70.4 Å². The van der Waals surface area contributed by atoms with Crippen LogP contribution >= 0.6 is 0 Å². The number of aromatic nitrogens is 7. The number of morpholine rings is 1. The van der Waals surface area contributed by atoms with E-state index in [1.165, 1.54) is 15.3 Å². The number of rotatable bonds is 9. The van der Waals surface area contributed by atoms with Gasteiger partial charge >= 0.3 is 5.69 Å². The number of likely N-dealkylation sites (tertiary alicyclic amines) is 1. The van der Waals surface area contributed by atoms with Crippen molar-refractivity contribution in [3.63, 3.8) is 0 Å². The molecule has 0 radical (unpaired) electrons. The predicted molar refractivity (Wildman–Crippen MR) is 221 cm³/mol. The first-order valence-corrected chi connectivity index (χ1v) is 21.3. The van der Waals surface area contributed by atoms with Crippen molar-refractivity contribution in [2.45, 2.75) is 88.1 Å². The predicted octanol–water partition coefficient (Wildman–Crippen LogP) is 3.19. The first-order valence-electron chi connectivity index (χ1n) is 21.3. The van der Waals surface area contributed by atoms with Crippen LogP contribution in [-0.2, 0) is 26.1 Å². The maximum absolute atomic E-state index is 15.1. The molecular formula is C43H48FN11O6. The number of carbonyl (C=O) groups excluding carboxylic acids is 3. The van der Waals surface area contributed by atoms with Gasteiger partial charge < -0.3 is 24.6 Å². The highest BCUT2D eigenvalue weighted by atomic mass is 19.1. The van der Waals surface area contributed by atoms with Gasteiger partial charge in [0.25, 0.3) is 11.9 Å². The number of hydrogen-bond acceptors (Lipinski definition) is 11. The van der Waals surface area contributed by atoms with Gasteiger partial charge in [0.05, 0.1) is 59.9 Å². The molecule has 1 aliphatic carbocycles. The number of carbonyl (C=O) groups is 3. The van der Waals surface area contributed by atoms with Gasteiger partial charge in [-0.3, -0.25) is 33.5 Å². The molecule has 1 unspecified atom stereocenters. The molecule has 5 aliphatic rings. The third-order valence-electron chi connectivity index (χ3n) is 13.2. The van der Waals surface area contributed by atoms with E-state index in [2.05, 4.69) is 42.5 Å². The molecule has 61 heavy (non-hydrogen) atoms. The number of para-hydroxylation sites is 1. The number of fused-ring (bicyclic) bond motifs is 4. The molecule has 3 amide bonds. The van der Waals surface area contributed by atoms with Gasteiger partial charge in [-0.2, -0.15) is 9.49 Å². The molecule has 10 rings (SSSR count). The molecule has 0 spiro atoms. The number of nitrogens with zero attached hydrogens (tertiary/aromatic N) is 9. The lowest BCUT2D eigenvalue weighted by Gasteiger charge is -2.36. The normalized spacial score (nSPS) is 24.7. The Kier molecular flexibility index (Phi) is 10.4. The van der Waals surface area contributed by atoms with Crippen molar-refractivity contribution in [1.82, 2.24) is 43.7 Å². The number of piperidine rings is 2. The summed E-state index contributed by atoms with van der Waals surface area (Å²) >= 11 is 0. The summed E-state index contributed by atoms with van der Waals surface area (Å²) in [6.45, 7) is 4.60. The molecule has 4 aromatic heterocycles. The quantitative estimate of drug-likeness (QED) is 0.165. The molecule has 3 atom stereocenters. The van der Waals surface area contributed by atoms with E-state index in [1.54, 1.807) is 34.7 Å². The molecule has 5 aromatic rings. The zero-order valence-electron chi connectivity index (χ0n) is 34.0. The Hall–Kier alpha value is -5.90. The number of halogens is 1. The minimum absolute atomic E-state index is 0.0405. The Labute approximate surface area is 350 Å². The Bertz CT molecular complexity index is 2640. The molecule has 4 saturated heterocycles. The molecule has 17 nitrogen and oxygen atoms in total. The second kappa shape index (κ2) is 16.2. The molecule has 1 saturated carbocycles. The van der Waals surface area contributed by atoms with Crippen molar-refractivity contribution in [3.8, 4) is 11.8 Å². The standard InChI is InChI=1S/C43H48FN11O6/c1-50-38-27(4-2-6-34(38)55(43(50)59)35-11-12-37(56)48-42(35)58)5-3-19-60-30-13-16-51(17-14-30)22-26-7-9-28(10-8-26)54-24-33(39(44)49-54)46-41(57)32-21-45-53-18-15-36(47-40(32)53)52-23-31-20-29(52)25-61-31/h2,4,6,15,18,21,24,26,28-31,35H,7-14,16-17,19-20,22-23,25H2,1H3,(H,46,57)(H,48,56,58)/t26-,28-,29-,31-,35?/m1/s1. The van der Waals surface area contributed by atoms with Gasteiger partial charge in [-0.1, -0.05) is 17.9 Å². The summed E-state index contributed by atoms with van der Waals surface area (Å²) in [6.07, 6.45) is 12.2. The molecule has 4 aliphatic heterocycles. The number of imide groups is 1. The molecule has 318 valence electrons. The van der Waals surface area contributed by atoms with E-state index < -0.39 is 23.8 Å². The third-order valence-corrected chi connectivity index (χ3v) is 13.2. The Balaban J connectivity index is 0.683. The number of hydrogen-bond donors (Lipinski definition) is 2. The van der Waals surface area contributed by atoms with E-state index in [1.807, 2.05) is 18.2 Å². The fraction of sp³-hybridized carbons (Fsp3) is 0.512. The topological polar surface area (TPSA) is 175 Å². The smallest absolute Gasteiger partial charge is 0.329 e. The number of anilines is 2. The van der Waals surface area contributed by atoms with Crippen LogP contribution in [0.1, 0.15) is 85.8 Å². The van der Waals surface area contributed by atoms with Crippen LogP contribution in [0.3, 0.4) is 0 Å². The Morgan fingerprint density at radius 2 is 1.90 bits per heavy atom. The largest absolute Gasteiger partial charge is 0.374 e. The van der Waals surface area contributed by atoms with E-state index >= 15 is 4.39 Å². The number of imidazole rings is 1. The van der Waals surface area contributed by atoms with Crippen molar-refractivity contribution in [2.75, 3.05) is 49.6 Å². The highest BCUT2D eigenvalue weighted by molar-refractivity contribution is 6.08. The van der Waals surface area contributed by atoms with Gasteiger partial charge in [0.1, 0.15) is 29.7 Å². The first-order chi connectivity index (χ1) is 29.7. The molecule has 2 bridgehead atoms. The van der Waals surface area contributed by atoms with E-state index in [0.717, 1.165) is 76.9 Å². The molecule has 2 N–H and O–H groups in total. The number of aryl methyl sites for hydroxylation is 1. The minimum Gasteiger partial charge on any atom is -0.374 e. The summed E-state index contributed by atoms with van der Waals surface area (Å²) in [5.74, 6) is 5.63. The maximum atomic E-state index is 15.1.